The second-order valence-corrected chi connectivity index (χ2v) is 11.7. The summed E-state index contributed by atoms with van der Waals surface area (Å²) in [5.74, 6) is 2.40. The molecule has 1 aliphatic carbocycles. The quantitative estimate of drug-likeness (QED) is 0.238. The lowest BCUT2D eigenvalue weighted by Gasteiger charge is -2.38. The first-order valence-electron chi connectivity index (χ1n) is 14.3. The fourth-order valence-corrected chi connectivity index (χ4v) is 6.90. The van der Waals surface area contributed by atoms with E-state index in [-0.39, 0.29) is 6.61 Å². The predicted octanol–water partition coefficient (Wildman–Crippen LogP) is 8.10. The molecule has 1 heterocycles. The molecule has 0 aromatic heterocycles. The Balaban J connectivity index is 1.55. The van der Waals surface area contributed by atoms with Crippen LogP contribution in [-0.2, 0) is 11.0 Å². The van der Waals surface area contributed by atoms with Gasteiger partial charge in [-0.25, -0.2) is 0 Å². The van der Waals surface area contributed by atoms with Crippen molar-refractivity contribution >= 4 is 16.8 Å². The maximum Gasteiger partial charge on any atom is 0.178 e. The predicted molar refractivity (Wildman–Crippen MR) is 169 cm³/mol. The van der Waals surface area contributed by atoms with Gasteiger partial charge in [0.05, 0.1) is 20.8 Å². The number of aliphatic hydroxyl groups is 1. The van der Waals surface area contributed by atoms with Gasteiger partial charge in [-0.2, -0.15) is 0 Å². The van der Waals surface area contributed by atoms with Gasteiger partial charge in [0, 0.05) is 27.5 Å². The molecule has 0 saturated heterocycles. The molecule has 0 radical (unpaired) electrons. The summed E-state index contributed by atoms with van der Waals surface area (Å²) >= 11 is 0. The topological polar surface area (TPSA) is 47.9 Å². The van der Waals surface area contributed by atoms with Crippen LogP contribution < -0.4 is 14.2 Å². The van der Waals surface area contributed by atoms with E-state index in [2.05, 4.69) is 93.6 Å². The number of fused-ring (bicyclic) bond motifs is 8. The Morgan fingerprint density at radius 1 is 0.738 bits per heavy atom. The van der Waals surface area contributed by atoms with Crippen LogP contribution in [-0.4, -0.2) is 25.9 Å². The maximum absolute atomic E-state index is 11.0. The summed E-state index contributed by atoms with van der Waals surface area (Å²) in [4.78, 5) is 0. The van der Waals surface area contributed by atoms with Crippen molar-refractivity contribution in [2.75, 3.05) is 20.8 Å². The Hall–Kier alpha value is -4.54. The summed E-state index contributed by atoms with van der Waals surface area (Å²) in [5, 5.41) is 13.2. The molecule has 4 nitrogen and oxygen atoms in total. The van der Waals surface area contributed by atoms with Gasteiger partial charge in [-0.1, -0.05) is 71.8 Å². The van der Waals surface area contributed by atoms with Crippen LogP contribution >= 0.6 is 0 Å². The minimum atomic E-state index is -0.895. The number of hydrogen-bond acceptors (Lipinski definition) is 4. The molecule has 0 spiro atoms. The maximum atomic E-state index is 11.0. The molecule has 0 fully saturated rings. The van der Waals surface area contributed by atoms with Crippen LogP contribution in [0.3, 0.4) is 0 Å². The summed E-state index contributed by atoms with van der Waals surface area (Å²) in [6.07, 6.45) is 4.37. The van der Waals surface area contributed by atoms with Crippen molar-refractivity contribution in [3.05, 3.63) is 130 Å². The highest BCUT2D eigenvalue weighted by molar-refractivity contribution is 6.08. The number of hydrogen-bond donors (Lipinski definition) is 1. The highest BCUT2D eigenvalue weighted by Gasteiger charge is 2.46. The molecule has 5 aromatic carbocycles. The molecule has 210 valence electrons. The largest absolute Gasteiger partial charge is 0.497 e. The number of rotatable bonds is 5. The summed E-state index contributed by atoms with van der Waals surface area (Å²) in [6, 6.07) is 29.3. The monoisotopic (exact) mass is 554 g/mol. The van der Waals surface area contributed by atoms with Crippen LogP contribution in [0.15, 0.2) is 91.0 Å². The van der Waals surface area contributed by atoms with E-state index >= 15 is 0 Å². The zero-order valence-electron chi connectivity index (χ0n) is 24.6. The lowest BCUT2D eigenvalue weighted by molar-refractivity contribution is 0.162. The Kier molecular flexibility index (Phi) is 5.96. The van der Waals surface area contributed by atoms with Crippen molar-refractivity contribution in [1.29, 1.82) is 0 Å². The lowest BCUT2D eigenvalue weighted by Crippen LogP contribution is -2.35. The normalized spacial score (nSPS) is 17.8. The fraction of sp³-hybridized carbons (Fsp3) is 0.211. The third kappa shape index (κ3) is 3.65. The van der Waals surface area contributed by atoms with Crippen molar-refractivity contribution in [3.8, 4) is 28.4 Å². The van der Waals surface area contributed by atoms with Gasteiger partial charge in [0.1, 0.15) is 17.2 Å². The zero-order valence-corrected chi connectivity index (χ0v) is 24.6. The molecule has 5 aromatic rings. The molecule has 4 heteroatoms. The Labute approximate surface area is 246 Å². The minimum absolute atomic E-state index is 0.00377. The molecule has 7 rings (SSSR count). The molecule has 42 heavy (non-hydrogen) atoms. The van der Waals surface area contributed by atoms with Gasteiger partial charge in [-0.15, -0.1) is 0 Å². The molecule has 1 unspecified atom stereocenters. The number of aliphatic hydroxyl groups excluding tert-OH is 1. The van der Waals surface area contributed by atoms with Crippen molar-refractivity contribution < 1.29 is 19.3 Å². The van der Waals surface area contributed by atoms with Gasteiger partial charge < -0.3 is 19.3 Å². The number of ether oxygens (including phenoxy) is 3. The Morgan fingerprint density at radius 3 is 1.93 bits per heavy atom. The highest BCUT2D eigenvalue weighted by Crippen LogP contribution is 2.58. The molecule has 1 atom stereocenters. The van der Waals surface area contributed by atoms with E-state index in [0.717, 1.165) is 61.4 Å². The molecular weight excluding hydrogens is 520 g/mol. The summed E-state index contributed by atoms with van der Waals surface area (Å²) < 4.78 is 18.3. The highest BCUT2D eigenvalue weighted by atomic mass is 16.5. The van der Waals surface area contributed by atoms with E-state index in [1.807, 2.05) is 24.3 Å². The van der Waals surface area contributed by atoms with Crippen LogP contribution in [0.25, 0.3) is 28.0 Å². The zero-order chi connectivity index (χ0) is 29.2. The van der Waals surface area contributed by atoms with Gasteiger partial charge in [0.15, 0.2) is 5.60 Å². The fourth-order valence-electron chi connectivity index (χ4n) is 6.90. The number of benzene rings is 5. The minimum Gasteiger partial charge on any atom is -0.497 e. The summed E-state index contributed by atoms with van der Waals surface area (Å²) in [6.45, 7) is 6.38. The van der Waals surface area contributed by atoms with Crippen molar-refractivity contribution in [1.82, 2.24) is 0 Å². The first kappa shape index (κ1) is 26.4. The van der Waals surface area contributed by atoms with Gasteiger partial charge in [0.25, 0.3) is 0 Å². The van der Waals surface area contributed by atoms with Gasteiger partial charge in [0.2, 0.25) is 0 Å². The second kappa shape index (κ2) is 9.50. The average Bonchev–Trinajstić information content (AvgIpc) is 3.29. The molecule has 0 saturated carbocycles. The Morgan fingerprint density at radius 2 is 1.33 bits per heavy atom. The molecule has 0 bridgehead atoms. The van der Waals surface area contributed by atoms with Gasteiger partial charge in [-0.3, -0.25) is 0 Å². The number of aryl methyl sites for hydroxylation is 2. The molecule has 2 aliphatic rings. The van der Waals surface area contributed by atoms with Crippen LogP contribution in [0.2, 0.25) is 0 Å². The smallest absolute Gasteiger partial charge is 0.178 e. The molecule has 0 amide bonds. The van der Waals surface area contributed by atoms with E-state index in [9.17, 15) is 5.11 Å². The van der Waals surface area contributed by atoms with Crippen LogP contribution in [0.4, 0.5) is 0 Å². The van der Waals surface area contributed by atoms with Crippen molar-refractivity contribution in [2.45, 2.75) is 31.8 Å². The van der Waals surface area contributed by atoms with E-state index < -0.39 is 11.0 Å². The third-order valence-corrected chi connectivity index (χ3v) is 9.15. The SMILES string of the molecule is COc1ccc(C2(c3ccc(OC)cc3)C=Cc3c4c(c5ccc(C)cc5c3O2)-c2ccc(C)cc2C4(C)CO)cc1. The van der Waals surface area contributed by atoms with Crippen molar-refractivity contribution in [3.63, 3.8) is 0 Å². The molecular formula is C38H34O4. The van der Waals surface area contributed by atoms with Crippen LogP contribution in [0.1, 0.15) is 45.9 Å². The van der Waals surface area contributed by atoms with Crippen LogP contribution in [0.5, 0.6) is 17.2 Å². The number of methoxy groups -OCH3 is 2. The van der Waals surface area contributed by atoms with E-state index in [4.69, 9.17) is 14.2 Å². The first-order valence-corrected chi connectivity index (χ1v) is 14.3. The second-order valence-electron chi connectivity index (χ2n) is 11.7. The van der Waals surface area contributed by atoms with Gasteiger partial charge in [-0.05, 0) is 84.8 Å². The van der Waals surface area contributed by atoms with E-state index in [0.29, 0.717) is 0 Å². The summed E-state index contributed by atoms with van der Waals surface area (Å²) in [5.41, 5.74) is 8.50. The van der Waals surface area contributed by atoms with Gasteiger partial charge >= 0.3 is 0 Å². The first-order chi connectivity index (χ1) is 20.3. The third-order valence-electron chi connectivity index (χ3n) is 9.15. The summed E-state index contributed by atoms with van der Waals surface area (Å²) in [7, 11) is 3.35. The van der Waals surface area contributed by atoms with Crippen LogP contribution in [0, 0.1) is 13.8 Å². The standard InChI is InChI=1S/C38H34O4/c1-23-6-16-29-32(20-23)36-31(35-34(29)30-17-7-24(2)21-33(30)37(35,3)22-39)18-19-38(42-36,25-8-12-27(40-4)13-9-25)26-10-14-28(41-5)15-11-26/h6-21,39H,22H2,1-5H3. The molecule has 1 N–H and O–H groups in total. The molecule has 1 aliphatic heterocycles. The van der Waals surface area contributed by atoms with E-state index in [1.165, 1.54) is 16.7 Å². The average molecular weight is 555 g/mol. The Bertz CT molecular complexity index is 1840. The van der Waals surface area contributed by atoms with E-state index in [1.54, 1.807) is 14.2 Å². The lowest BCUT2D eigenvalue weighted by atomic mass is 9.76. The van der Waals surface area contributed by atoms with Crippen molar-refractivity contribution in [2.24, 2.45) is 0 Å².